The molecule has 4 amide bonds. The predicted molar refractivity (Wildman–Crippen MR) is 166 cm³/mol. The molecule has 6 atom stereocenters. The lowest BCUT2D eigenvalue weighted by molar-refractivity contribution is -0.144. The van der Waals surface area contributed by atoms with Crippen LogP contribution in [-0.4, -0.2) is 88.2 Å². The average molecular weight is 615 g/mol. The summed E-state index contributed by atoms with van der Waals surface area (Å²) in [5, 5.41) is 5.92. The van der Waals surface area contributed by atoms with Gasteiger partial charge in [0, 0.05) is 13.5 Å². The van der Waals surface area contributed by atoms with Crippen molar-refractivity contribution in [3.8, 4) is 0 Å². The number of nitrogens with zero attached hydrogens (tertiary/aromatic N) is 2. The highest BCUT2D eigenvalue weighted by atomic mass is 32.2. The van der Waals surface area contributed by atoms with E-state index in [0.29, 0.717) is 31.6 Å². The Hall–Kier alpha value is -3.05. The van der Waals surface area contributed by atoms with Crippen LogP contribution >= 0.6 is 11.8 Å². The highest BCUT2D eigenvalue weighted by Gasteiger charge is 2.55. The van der Waals surface area contributed by atoms with Crippen LogP contribution in [-0.2, 0) is 30.3 Å². The summed E-state index contributed by atoms with van der Waals surface area (Å²) in [4.78, 5) is 56.9. The number of amides is 4. The molecule has 2 aliphatic heterocycles. The second-order valence-electron chi connectivity index (χ2n) is 13.3. The molecule has 0 saturated carbocycles. The smallest absolute Gasteiger partial charge is 0.410 e. The van der Waals surface area contributed by atoms with Gasteiger partial charge in [-0.15, -0.1) is 18.3 Å². The molecule has 0 radical (unpaired) electrons. The van der Waals surface area contributed by atoms with Gasteiger partial charge in [0.25, 0.3) is 0 Å². The molecule has 0 bridgehead atoms. The van der Waals surface area contributed by atoms with Gasteiger partial charge in [-0.05, 0) is 62.8 Å². The molecular weight excluding hydrogens is 568 g/mol. The van der Waals surface area contributed by atoms with Gasteiger partial charge in [0.15, 0.2) is 0 Å². The molecule has 2 saturated heterocycles. The van der Waals surface area contributed by atoms with E-state index in [-0.39, 0.29) is 29.3 Å². The number of thioether (sulfide) groups is 1. The standard InChI is InChI=1S/C32H46N4O6S/c1-9-15-41-23-17-20-12-10-11-13-21(20)25(23)34-28(38)26-32(6,7)18-24-36(26)29(39)22(14-16-43-24)33-27(37)19(2)35(8)30(40)42-31(3,4)5/h9-13,19,22-26H,1,14-18H2,2-8H3,(H,33,37)(H,34,38)/t19-,22-,23+,24-,25-,26+/m0/s1. The summed E-state index contributed by atoms with van der Waals surface area (Å²) in [6.45, 7) is 15.0. The Bertz CT molecular complexity index is 1250. The van der Waals surface area contributed by atoms with E-state index in [2.05, 4.69) is 17.2 Å². The van der Waals surface area contributed by atoms with Crippen molar-refractivity contribution < 1.29 is 28.7 Å². The molecule has 236 valence electrons. The summed E-state index contributed by atoms with van der Waals surface area (Å²) < 4.78 is 11.5. The molecule has 2 heterocycles. The molecule has 11 heteroatoms. The zero-order valence-electron chi connectivity index (χ0n) is 26.3. The van der Waals surface area contributed by atoms with Gasteiger partial charge in [-0.1, -0.05) is 44.2 Å². The Labute approximate surface area is 259 Å². The Morgan fingerprint density at radius 1 is 1.23 bits per heavy atom. The van der Waals surface area contributed by atoms with Crippen molar-refractivity contribution in [3.63, 3.8) is 0 Å². The summed E-state index contributed by atoms with van der Waals surface area (Å²) >= 11 is 1.64. The third-order valence-corrected chi connectivity index (χ3v) is 9.66. The molecule has 3 aliphatic rings. The Morgan fingerprint density at radius 2 is 1.93 bits per heavy atom. The van der Waals surface area contributed by atoms with Crippen LogP contribution in [0.25, 0.3) is 0 Å². The number of rotatable bonds is 8. The lowest BCUT2D eigenvalue weighted by Gasteiger charge is -2.35. The van der Waals surface area contributed by atoms with Gasteiger partial charge >= 0.3 is 6.09 Å². The maximum Gasteiger partial charge on any atom is 0.410 e. The van der Waals surface area contributed by atoms with Gasteiger partial charge in [0.05, 0.1) is 24.1 Å². The minimum Gasteiger partial charge on any atom is -0.444 e. The van der Waals surface area contributed by atoms with Crippen molar-refractivity contribution in [2.45, 2.75) is 102 Å². The van der Waals surface area contributed by atoms with Crippen LogP contribution < -0.4 is 10.6 Å². The molecule has 1 aromatic carbocycles. The largest absolute Gasteiger partial charge is 0.444 e. The lowest BCUT2D eigenvalue weighted by Crippen LogP contribution is -2.58. The zero-order valence-corrected chi connectivity index (χ0v) is 27.2. The van der Waals surface area contributed by atoms with Gasteiger partial charge in [0.2, 0.25) is 17.7 Å². The number of carbonyl (C=O) groups is 4. The van der Waals surface area contributed by atoms with Crippen molar-refractivity contribution >= 4 is 35.6 Å². The topological polar surface area (TPSA) is 117 Å². The number of likely N-dealkylation sites (N-methyl/N-ethyl adjacent to an activating group) is 1. The first kappa shape index (κ1) is 32.9. The molecule has 0 spiro atoms. The average Bonchev–Trinajstić information content (AvgIpc) is 3.36. The van der Waals surface area contributed by atoms with Crippen LogP contribution in [0, 0.1) is 5.41 Å². The number of fused-ring (bicyclic) bond motifs is 2. The minimum atomic E-state index is -0.863. The SMILES string of the molecule is C=CCO[C@@H]1Cc2ccccc2[C@@H]1NC(=O)[C@H]1N2C(=O)[C@@H](NC(=O)[C@H](C)N(C)C(=O)OC(C)(C)C)CCS[C@H]2CC1(C)C. The number of hydrogen-bond donors (Lipinski definition) is 2. The zero-order chi connectivity index (χ0) is 31.7. The molecule has 2 fully saturated rings. The van der Waals surface area contributed by atoms with Gasteiger partial charge < -0.3 is 25.0 Å². The lowest BCUT2D eigenvalue weighted by atomic mass is 9.83. The van der Waals surface area contributed by atoms with Crippen LogP contribution in [0.2, 0.25) is 0 Å². The first-order valence-corrected chi connectivity index (χ1v) is 16.0. The van der Waals surface area contributed by atoms with E-state index in [9.17, 15) is 19.2 Å². The van der Waals surface area contributed by atoms with Crippen LogP contribution in [0.4, 0.5) is 4.79 Å². The summed E-state index contributed by atoms with van der Waals surface area (Å²) in [6.07, 6.45) is 2.57. The van der Waals surface area contributed by atoms with Crippen molar-refractivity contribution in [2.24, 2.45) is 5.41 Å². The summed E-state index contributed by atoms with van der Waals surface area (Å²) in [5.74, 6) is -0.335. The molecule has 1 aromatic rings. The number of benzene rings is 1. The number of carbonyl (C=O) groups excluding carboxylic acids is 4. The van der Waals surface area contributed by atoms with Crippen LogP contribution in [0.1, 0.15) is 71.6 Å². The second kappa shape index (κ2) is 12.9. The van der Waals surface area contributed by atoms with E-state index in [0.717, 1.165) is 11.1 Å². The Balaban J connectivity index is 1.52. The van der Waals surface area contributed by atoms with Crippen molar-refractivity contribution in [1.29, 1.82) is 0 Å². The van der Waals surface area contributed by atoms with Crippen LogP contribution in [0.3, 0.4) is 0 Å². The monoisotopic (exact) mass is 614 g/mol. The molecule has 1 aliphatic carbocycles. The molecule has 4 rings (SSSR count). The number of ether oxygens (including phenoxy) is 2. The van der Waals surface area contributed by atoms with Gasteiger partial charge in [-0.3, -0.25) is 19.3 Å². The Kier molecular flexibility index (Phi) is 9.85. The maximum atomic E-state index is 14.1. The van der Waals surface area contributed by atoms with E-state index in [1.807, 2.05) is 38.1 Å². The fourth-order valence-corrected chi connectivity index (χ4v) is 7.70. The third-order valence-electron chi connectivity index (χ3n) is 8.41. The molecular formula is C32H46N4O6S. The second-order valence-corrected chi connectivity index (χ2v) is 14.6. The van der Waals surface area contributed by atoms with Crippen molar-refractivity contribution in [3.05, 3.63) is 48.0 Å². The van der Waals surface area contributed by atoms with E-state index in [1.54, 1.807) is 50.4 Å². The normalized spacial score (nSPS) is 26.9. The highest BCUT2D eigenvalue weighted by molar-refractivity contribution is 7.99. The predicted octanol–water partition coefficient (Wildman–Crippen LogP) is 3.80. The molecule has 10 nitrogen and oxygen atoms in total. The molecule has 0 unspecified atom stereocenters. The van der Waals surface area contributed by atoms with Crippen LogP contribution in [0.15, 0.2) is 36.9 Å². The van der Waals surface area contributed by atoms with Crippen molar-refractivity contribution in [2.75, 3.05) is 19.4 Å². The highest BCUT2D eigenvalue weighted by Crippen LogP contribution is 2.47. The third kappa shape index (κ3) is 7.20. The number of hydrogen-bond acceptors (Lipinski definition) is 7. The van der Waals surface area contributed by atoms with E-state index in [4.69, 9.17) is 9.47 Å². The first-order chi connectivity index (χ1) is 20.1. The fraction of sp³-hybridized carbons (Fsp3) is 0.625. The van der Waals surface area contributed by atoms with Gasteiger partial charge in [-0.25, -0.2) is 4.79 Å². The Morgan fingerprint density at radius 3 is 2.60 bits per heavy atom. The van der Waals surface area contributed by atoms with E-state index in [1.165, 1.54) is 11.9 Å². The summed E-state index contributed by atoms with van der Waals surface area (Å²) in [6, 6.07) is 5.22. The van der Waals surface area contributed by atoms with Gasteiger partial charge in [-0.2, -0.15) is 0 Å². The van der Waals surface area contributed by atoms with Crippen molar-refractivity contribution in [1.82, 2.24) is 20.4 Å². The first-order valence-electron chi connectivity index (χ1n) is 14.9. The maximum absolute atomic E-state index is 14.1. The molecule has 0 aromatic heterocycles. The number of nitrogens with one attached hydrogen (secondary N) is 2. The summed E-state index contributed by atoms with van der Waals surface area (Å²) in [5.41, 5.74) is 0.937. The van der Waals surface area contributed by atoms with Gasteiger partial charge in [0.1, 0.15) is 23.7 Å². The van der Waals surface area contributed by atoms with E-state index >= 15 is 0 Å². The summed E-state index contributed by atoms with van der Waals surface area (Å²) in [7, 11) is 1.50. The molecule has 43 heavy (non-hydrogen) atoms. The molecule has 2 N–H and O–H groups in total. The fourth-order valence-electron chi connectivity index (χ4n) is 6.12. The quantitative estimate of drug-likeness (QED) is 0.428. The minimum absolute atomic E-state index is 0.189. The van der Waals surface area contributed by atoms with E-state index < -0.39 is 41.1 Å². The van der Waals surface area contributed by atoms with Crippen LogP contribution in [0.5, 0.6) is 0 Å².